The Kier molecular flexibility index (Phi) is 8.68. The van der Waals surface area contributed by atoms with E-state index in [0.29, 0.717) is 0 Å². The molecule has 1 amide bonds. The molecule has 8 heteroatoms. The van der Waals surface area contributed by atoms with Crippen LogP contribution < -0.4 is 5.32 Å². The smallest absolute Gasteiger partial charge is 0.429 e. The summed E-state index contributed by atoms with van der Waals surface area (Å²) in [6, 6.07) is 2.69. The van der Waals surface area contributed by atoms with E-state index in [2.05, 4.69) is 26.1 Å². The molecule has 7 nitrogen and oxygen atoms in total. The monoisotopic (exact) mass is 415 g/mol. The Hall–Kier alpha value is -1.41. The maximum absolute atomic E-state index is 12.5. The highest BCUT2D eigenvalue weighted by atomic mass is 28.4. The van der Waals surface area contributed by atoms with Gasteiger partial charge in [-0.05, 0) is 45.8 Å². The first kappa shape index (κ1) is 24.6. The van der Waals surface area contributed by atoms with E-state index in [1.807, 2.05) is 6.92 Å². The molecule has 28 heavy (non-hydrogen) atoms. The Morgan fingerprint density at radius 1 is 1.11 bits per heavy atom. The normalized spacial score (nSPS) is 21.9. The highest BCUT2D eigenvalue weighted by Gasteiger charge is 2.49. The van der Waals surface area contributed by atoms with Gasteiger partial charge in [0.05, 0.1) is 18.1 Å². The molecule has 1 rings (SSSR count). The number of rotatable bonds is 10. The van der Waals surface area contributed by atoms with Crippen LogP contribution in [0.5, 0.6) is 0 Å². The number of carbonyl (C=O) groups is 3. The molecule has 1 fully saturated rings. The fourth-order valence-corrected chi connectivity index (χ4v) is 6.50. The van der Waals surface area contributed by atoms with Crippen molar-refractivity contribution in [2.75, 3.05) is 6.61 Å². The van der Waals surface area contributed by atoms with Gasteiger partial charge < -0.3 is 19.2 Å². The zero-order valence-corrected chi connectivity index (χ0v) is 19.6. The van der Waals surface area contributed by atoms with Crippen LogP contribution in [0.4, 0.5) is 4.79 Å². The van der Waals surface area contributed by atoms with E-state index in [4.69, 9.17) is 13.9 Å². The largest absolute Gasteiger partial charge is 0.509 e. The summed E-state index contributed by atoms with van der Waals surface area (Å²) in [5, 5.41) is 2.82. The van der Waals surface area contributed by atoms with Crippen molar-refractivity contribution < 1.29 is 28.3 Å². The third kappa shape index (κ3) is 6.30. The molecule has 1 aliphatic heterocycles. The van der Waals surface area contributed by atoms with Gasteiger partial charge in [0.2, 0.25) is 5.91 Å². The molecule has 4 atom stereocenters. The summed E-state index contributed by atoms with van der Waals surface area (Å²) in [6.45, 7) is 14.9. The van der Waals surface area contributed by atoms with Crippen molar-refractivity contribution >= 4 is 26.2 Å². The van der Waals surface area contributed by atoms with Crippen LogP contribution in [-0.2, 0) is 23.5 Å². The lowest BCUT2D eigenvalue weighted by Crippen LogP contribution is -2.66. The van der Waals surface area contributed by atoms with Gasteiger partial charge in [0, 0.05) is 5.92 Å². The van der Waals surface area contributed by atoms with Crippen LogP contribution in [0.1, 0.15) is 55.4 Å². The Labute approximate surface area is 170 Å². The van der Waals surface area contributed by atoms with E-state index in [0.717, 1.165) is 18.1 Å². The highest BCUT2D eigenvalue weighted by molar-refractivity contribution is 6.73. The Balaban J connectivity index is 2.67. The summed E-state index contributed by atoms with van der Waals surface area (Å²) in [5.41, 5.74) is -0.681. The van der Waals surface area contributed by atoms with Gasteiger partial charge in [-0.1, -0.05) is 27.7 Å². The highest BCUT2D eigenvalue weighted by Crippen LogP contribution is 2.32. The van der Waals surface area contributed by atoms with Crippen LogP contribution in [0, 0.1) is 11.8 Å². The lowest BCUT2D eigenvalue weighted by molar-refractivity contribution is -0.145. The second-order valence-electron chi connectivity index (χ2n) is 8.63. The number of ether oxygens (including phenoxy) is 2. The molecule has 1 saturated heterocycles. The van der Waals surface area contributed by atoms with Crippen LogP contribution in [0.25, 0.3) is 0 Å². The summed E-state index contributed by atoms with van der Waals surface area (Å²) >= 11 is 0. The first-order valence-electron chi connectivity index (χ1n) is 10.3. The number of β-lactam (4-membered cyclic amide) rings is 1. The van der Waals surface area contributed by atoms with Crippen LogP contribution in [0.15, 0.2) is 0 Å². The summed E-state index contributed by atoms with van der Waals surface area (Å²) in [5.74, 6) is -1.18. The molecule has 0 spiro atoms. The minimum Gasteiger partial charge on any atom is -0.429 e. The minimum absolute atomic E-state index is 0.0866. The quantitative estimate of drug-likeness (QED) is 0.333. The Morgan fingerprint density at radius 3 is 2.07 bits per heavy atom. The van der Waals surface area contributed by atoms with Gasteiger partial charge in [0.25, 0.3) is 0 Å². The zero-order chi connectivity index (χ0) is 21.7. The standard InChI is InChI=1S/C20H37NO6Si/c1-9-28(10-2,11-3)27-14(5)16-17(21-18(16)23)13(4)15(22)12-25-19(24)26-20(6,7)8/h13-14,16-17H,9-12H2,1-8H3,(H,21,23)/t13-,14+,16?,17?/m0/s1. The maximum Gasteiger partial charge on any atom is 0.509 e. The third-order valence-corrected chi connectivity index (χ3v) is 10.4. The predicted molar refractivity (Wildman–Crippen MR) is 110 cm³/mol. The molecule has 0 aromatic carbocycles. The van der Waals surface area contributed by atoms with Gasteiger partial charge in [0.1, 0.15) is 5.60 Å². The van der Waals surface area contributed by atoms with Crippen molar-refractivity contribution in [3.8, 4) is 0 Å². The molecule has 1 aliphatic rings. The SMILES string of the molecule is CC[Si](CC)(CC)O[C@H](C)C1C(=O)NC1[C@@H](C)C(=O)COC(=O)OC(C)(C)C. The maximum atomic E-state index is 12.5. The zero-order valence-electron chi connectivity index (χ0n) is 18.6. The van der Waals surface area contributed by atoms with E-state index in [1.54, 1.807) is 27.7 Å². The van der Waals surface area contributed by atoms with Gasteiger partial charge in [-0.25, -0.2) is 4.79 Å². The fraction of sp³-hybridized carbons (Fsp3) is 0.850. The average Bonchev–Trinajstić information content (AvgIpc) is 2.60. The van der Waals surface area contributed by atoms with E-state index < -0.39 is 26.0 Å². The third-order valence-electron chi connectivity index (χ3n) is 5.64. The second kappa shape index (κ2) is 9.87. The summed E-state index contributed by atoms with van der Waals surface area (Å²) in [4.78, 5) is 36.3. The number of hydrogen-bond acceptors (Lipinski definition) is 6. The van der Waals surface area contributed by atoms with Crippen LogP contribution in [0.2, 0.25) is 18.1 Å². The topological polar surface area (TPSA) is 90.9 Å². The predicted octanol–water partition coefficient (Wildman–Crippen LogP) is 3.67. The number of Topliss-reactive ketones (excluding diaryl/α,β-unsaturated/α-hetero) is 1. The van der Waals surface area contributed by atoms with Crippen molar-refractivity contribution in [3.05, 3.63) is 0 Å². The van der Waals surface area contributed by atoms with Crippen molar-refractivity contribution in [2.24, 2.45) is 11.8 Å². The number of nitrogens with one attached hydrogen (secondary N) is 1. The van der Waals surface area contributed by atoms with Crippen molar-refractivity contribution in [3.63, 3.8) is 0 Å². The van der Waals surface area contributed by atoms with E-state index in [9.17, 15) is 14.4 Å². The molecule has 0 aliphatic carbocycles. The molecule has 0 saturated carbocycles. The molecule has 162 valence electrons. The van der Waals surface area contributed by atoms with Gasteiger partial charge in [-0.3, -0.25) is 9.59 Å². The van der Waals surface area contributed by atoms with Crippen LogP contribution in [-0.4, -0.2) is 50.5 Å². The fourth-order valence-electron chi connectivity index (χ4n) is 3.57. The molecule has 0 aromatic rings. The molecule has 2 unspecified atom stereocenters. The van der Waals surface area contributed by atoms with Crippen LogP contribution in [0.3, 0.4) is 0 Å². The molecule has 0 aromatic heterocycles. The lowest BCUT2D eigenvalue weighted by Gasteiger charge is -2.45. The first-order valence-corrected chi connectivity index (χ1v) is 12.8. The first-order chi connectivity index (χ1) is 12.9. The van der Waals surface area contributed by atoms with Gasteiger partial charge >= 0.3 is 6.16 Å². The second-order valence-corrected chi connectivity index (χ2v) is 13.4. The van der Waals surface area contributed by atoms with E-state index in [-0.39, 0.29) is 36.4 Å². The molecule has 1 heterocycles. The van der Waals surface area contributed by atoms with Gasteiger partial charge in [0.15, 0.2) is 20.7 Å². The van der Waals surface area contributed by atoms with Crippen molar-refractivity contribution in [1.29, 1.82) is 0 Å². The van der Waals surface area contributed by atoms with Crippen molar-refractivity contribution in [1.82, 2.24) is 5.32 Å². The molecule has 0 radical (unpaired) electrons. The average molecular weight is 416 g/mol. The van der Waals surface area contributed by atoms with E-state index >= 15 is 0 Å². The number of ketones is 1. The number of carbonyl (C=O) groups excluding carboxylic acids is 3. The number of amides is 1. The molecular weight excluding hydrogens is 378 g/mol. The summed E-state index contributed by atoms with van der Waals surface area (Å²) in [6.07, 6.45) is -1.11. The lowest BCUT2D eigenvalue weighted by atomic mass is 9.77. The Morgan fingerprint density at radius 2 is 1.64 bits per heavy atom. The van der Waals surface area contributed by atoms with Gasteiger partial charge in [-0.2, -0.15) is 0 Å². The summed E-state index contributed by atoms with van der Waals surface area (Å²) < 4.78 is 16.4. The number of hydrogen-bond donors (Lipinski definition) is 1. The molecular formula is C20H37NO6Si. The van der Waals surface area contributed by atoms with E-state index in [1.165, 1.54) is 0 Å². The Bertz CT molecular complexity index is 561. The summed E-state index contributed by atoms with van der Waals surface area (Å²) in [7, 11) is -1.85. The molecule has 0 bridgehead atoms. The molecule has 1 N–H and O–H groups in total. The van der Waals surface area contributed by atoms with Gasteiger partial charge in [-0.15, -0.1) is 0 Å². The van der Waals surface area contributed by atoms with Crippen LogP contribution >= 0.6 is 0 Å². The minimum atomic E-state index is -1.85. The van der Waals surface area contributed by atoms with Crippen molar-refractivity contribution in [2.45, 2.75) is 91.3 Å².